The Morgan fingerprint density at radius 3 is 1.15 bits per heavy atom. The first-order valence-electron chi connectivity index (χ1n) is 26.3. The van der Waals surface area contributed by atoms with Crippen LogP contribution in [-0.2, 0) is 28.6 Å². The third kappa shape index (κ3) is 48.1. The standard InChI is InChI=1S/C56H98O6/c1-4-7-10-13-16-19-22-25-27-28-29-32-34-37-40-43-46-49-55(58)61-52-53(51-60-54(57)48-45-42-39-36-33-30-24-21-18-15-12-9-6-3)62-56(59)50-47-44-41-38-35-31-26-23-20-17-14-11-8-5-2/h8-9,11-12,15,17-18,20-21,24,53H,4-7,10,13-14,16,19,22-23,25-52H2,1-3H3/b11-8-,12-9-,18-15-,20-17-,24-21-. The minimum Gasteiger partial charge on any atom is -0.462 e. The monoisotopic (exact) mass is 867 g/mol. The minimum atomic E-state index is -0.784. The van der Waals surface area contributed by atoms with Crippen LogP contribution < -0.4 is 0 Å². The lowest BCUT2D eigenvalue weighted by Gasteiger charge is -2.18. The highest BCUT2D eigenvalue weighted by Crippen LogP contribution is 2.16. The number of hydrogen-bond donors (Lipinski definition) is 0. The van der Waals surface area contributed by atoms with E-state index in [4.69, 9.17) is 14.2 Å². The molecule has 0 aromatic rings. The maximum atomic E-state index is 12.8. The maximum absolute atomic E-state index is 12.8. The summed E-state index contributed by atoms with van der Waals surface area (Å²) >= 11 is 0. The van der Waals surface area contributed by atoms with Gasteiger partial charge in [0, 0.05) is 19.3 Å². The van der Waals surface area contributed by atoms with E-state index in [-0.39, 0.29) is 31.1 Å². The van der Waals surface area contributed by atoms with Gasteiger partial charge in [-0.2, -0.15) is 0 Å². The number of carbonyl (C=O) groups excluding carboxylic acids is 3. The highest BCUT2D eigenvalue weighted by Gasteiger charge is 2.19. The molecule has 0 aliphatic heterocycles. The predicted molar refractivity (Wildman–Crippen MR) is 265 cm³/mol. The van der Waals surface area contributed by atoms with E-state index in [1.165, 1.54) is 116 Å². The van der Waals surface area contributed by atoms with E-state index in [0.29, 0.717) is 19.3 Å². The van der Waals surface area contributed by atoms with Crippen molar-refractivity contribution in [2.75, 3.05) is 13.2 Å². The van der Waals surface area contributed by atoms with Gasteiger partial charge in [0.15, 0.2) is 6.10 Å². The Morgan fingerprint density at radius 2 is 0.710 bits per heavy atom. The van der Waals surface area contributed by atoms with E-state index in [9.17, 15) is 14.4 Å². The summed E-state index contributed by atoms with van der Waals surface area (Å²) in [5, 5.41) is 0. The molecular weight excluding hydrogens is 769 g/mol. The quantitative estimate of drug-likeness (QED) is 0.0199. The number of carbonyl (C=O) groups is 3. The highest BCUT2D eigenvalue weighted by atomic mass is 16.6. The Bertz CT molecular complexity index is 1130. The van der Waals surface area contributed by atoms with Gasteiger partial charge in [0.1, 0.15) is 13.2 Å². The molecule has 0 aliphatic rings. The van der Waals surface area contributed by atoms with E-state index < -0.39 is 6.10 Å². The summed E-state index contributed by atoms with van der Waals surface area (Å²) in [7, 11) is 0. The zero-order valence-electron chi connectivity index (χ0n) is 40.9. The summed E-state index contributed by atoms with van der Waals surface area (Å²) in [5.41, 5.74) is 0. The van der Waals surface area contributed by atoms with Crippen LogP contribution in [0.25, 0.3) is 0 Å². The number of rotatable bonds is 47. The van der Waals surface area contributed by atoms with E-state index in [2.05, 4.69) is 81.5 Å². The van der Waals surface area contributed by atoms with E-state index in [1.54, 1.807) is 0 Å². The van der Waals surface area contributed by atoms with Gasteiger partial charge >= 0.3 is 17.9 Å². The summed E-state index contributed by atoms with van der Waals surface area (Å²) in [6.07, 6.45) is 62.1. The van der Waals surface area contributed by atoms with Crippen molar-refractivity contribution in [2.45, 2.75) is 264 Å². The second-order valence-electron chi connectivity index (χ2n) is 17.4. The summed E-state index contributed by atoms with van der Waals surface area (Å²) in [5.74, 6) is -0.905. The van der Waals surface area contributed by atoms with Gasteiger partial charge < -0.3 is 14.2 Å². The number of esters is 3. The van der Waals surface area contributed by atoms with Gasteiger partial charge in [0.2, 0.25) is 0 Å². The van der Waals surface area contributed by atoms with E-state index in [1.807, 2.05) is 0 Å². The fourth-order valence-corrected chi connectivity index (χ4v) is 7.42. The van der Waals surface area contributed by atoms with Gasteiger partial charge in [-0.1, -0.05) is 236 Å². The fraction of sp³-hybridized carbons (Fsp3) is 0.768. The van der Waals surface area contributed by atoms with Crippen molar-refractivity contribution in [1.82, 2.24) is 0 Å². The molecule has 0 rings (SSSR count). The lowest BCUT2D eigenvalue weighted by molar-refractivity contribution is -0.167. The lowest BCUT2D eigenvalue weighted by Crippen LogP contribution is -2.30. The molecule has 0 aromatic carbocycles. The van der Waals surface area contributed by atoms with Crippen molar-refractivity contribution >= 4 is 17.9 Å². The SMILES string of the molecule is CC\C=C/C=C\C=C/CCCCCCCC(=O)OCC(COC(=O)CCCCCCCCCCCCCCCCCCC)OC(=O)CCCCCCCCC/C=C\C/C=C\CC. The van der Waals surface area contributed by atoms with Crippen LogP contribution in [0.3, 0.4) is 0 Å². The number of hydrogen-bond acceptors (Lipinski definition) is 6. The molecule has 0 bridgehead atoms. The molecule has 1 atom stereocenters. The summed E-state index contributed by atoms with van der Waals surface area (Å²) < 4.78 is 16.8. The molecule has 0 heterocycles. The summed E-state index contributed by atoms with van der Waals surface area (Å²) in [6.45, 7) is 6.39. The predicted octanol–water partition coefficient (Wildman–Crippen LogP) is 17.3. The number of allylic oxidation sites excluding steroid dienone is 10. The number of ether oxygens (including phenoxy) is 3. The average Bonchev–Trinajstić information content (AvgIpc) is 3.27. The molecule has 1 unspecified atom stereocenters. The van der Waals surface area contributed by atoms with Gasteiger partial charge in [0.25, 0.3) is 0 Å². The molecule has 0 saturated carbocycles. The van der Waals surface area contributed by atoms with Crippen LogP contribution in [0.2, 0.25) is 0 Å². The maximum Gasteiger partial charge on any atom is 0.306 e. The molecular formula is C56H98O6. The molecule has 0 radical (unpaired) electrons. The molecule has 0 aliphatic carbocycles. The Labute approximate surface area is 383 Å². The first kappa shape index (κ1) is 59.1. The topological polar surface area (TPSA) is 78.9 Å². The molecule has 0 spiro atoms. The average molecular weight is 867 g/mol. The van der Waals surface area contributed by atoms with Crippen LogP contribution in [0.5, 0.6) is 0 Å². The van der Waals surface area contributed by atoms with Gasteiger partial charge in [-0.15, -0.1) is 0 Å². The van der Waals surface area contributed by atoms with Gasteiger partial charge in [-0.25, -0.2) is 0 Å². The molecule has 0 saturated heterocycles. The van der Waals surface area contributed by atoms with Crippen LogP contribution in [0.1, 0.15) is 258 Å². The summed E-state index contributed by atoms with van der Waals surface area (Å²) in [4.78, 5) is 38.0. The molecule has 6 nitrogen and oxygen atoms in total. The molecule has 62 heavy (non-hydrogen) atoms. The Kier molecular flexibility index (Phi) is 48.4. The first-order valence-corrected chi connectivity index (χ1v) is 26.3. The fourth-order valence-electron chi connectivity index (χ4n) is 7.42. The van der Waals surface area contributed by atoms with Crippen molar-refractivity contribution in [3.63, 3.8) is 0 Å². The van der Waals surface area contributed by atoms with E-state index >= 15 is 0 Å². The molecule has 0 aromatic heterocycles. The zero-order valence-corrected chi connectivity index (χ0v) is 40.9. The third-order valence-corrected chi connectivity index (χ3v) is 11.3. The largest absolute Gasteiger partial charge is 0.462 e. The Hall–Kier alpha value is -2.89. The zero-order chi connectivity index (χ0) is 45.1. The van der Waals surface area contributed by atoms with Crippen molar-refractivity contribution in [1.29, 1.82) is 0 Å². The van der Waals surface area contributed by atoms with Crippen LogP contribution in [0.4, 0.5) is 0 Å². The third-order valence-electron chi connectivity index (χ3n) is 11.3. The molecule has 6 heteroatoms. The van der Waals surface area contributed by atoms with E-state index in [0.717, 1.165) is 103 Å². The lowest BCUT2D eigenvalue weighted by atomic mass is 10.0. The Balaban J connectivity index is 4.37. The first-order chi connectivity index (χ1) is 30.5. The van der Waals surface area contributed by atoms with Gasteiger partial charge in [-0.05, 0) is 64.2 Å². The second-order valence-corrected chi connectivity index (χ2v) is 17.4. The van der Waals surface area contributed by atoms with Crippen molar-refractivity contribution in [3.05, 3.63) is 60.8 Å². The van der Waals surface area contributed by atoms with Crippen molar-refractivity contribution < 1.29 is 28.6 Å². The number of unbranched alkanes of at least 4 members (excludes halogenated alkanes) is 28. The van der Waals surface area contributed by atoms with Crippen molar-refractivity contribution in [2.24, 2.45) is 0 Å². The Morgan fingerprint density at radius 1 is 0.355 bits per heavy atom. The normalized spacial score (nSPS) is 12.5. The minimum absolute atomic E-state index is 0.0822. The van der Waals surface area contributed by atoms with Crippen LogP contribution >= 0.6 is 0 Å². The van der Waals surface area contributed by atoms with Crippen LogP contribution in [0.15, 0.2) is 60.8 Å². The van der Waals surface area contributed by atoms with Crippen LogP contribution in [0, 0.1) is 0 Å². The highest BCUT2D eigenvalue weighted by molar-refractivity contribution is 5.71. The second kappa shape index (κ2) is 50.8. The molecule has 0 N–H and O–H groups in total. The van der Waals surface area contributed by atoms with Gasteiger partial charge in [-0.3, -0.25) is 14.4 Å². The smallest absolute Gasteiger partial charge is 0.306 e. The molecule has 358 valence electrons. The molecule has 0 fully saturated rings. The summed E-state index contributed by atoms with van der Waals surface area (Å²) in [6, 6.07) is 0. The molecule has 0 amide bonds. The van der Waals surface area contributed by atoms with Gasteiger partial charge in [0.05, 0.1) is 0 Å². The van der Waals surface area contributed by atoms with Crippen LogP contribution in [-0.4, -0.2) is 37.2 Å². The van der Waals surface area contributed by atoms with Crippen molar-refractivity contribution in [3.8, 4) is 0 Å².